The van der Waals surface area contributed by atoms with E-state index in [1.807, 2.05) is 0 Å². The molecule has 0 aromatic rings. The number of carbonyl (C=O) groups is 2. The molecule has 0 aliphatic heterocycles. The third kappa shape index (κ3) is 8.04. The van der Waals surface area contributed by atoms with Crippen LogP contribution in [0.2, 0.25) is 0 Å². The SMILES string of the molecule is C=C(C(=O)OC(OCC(F)(F)S(=O)(=O)[O-])(C(=O)N(CCCC)CCCC)C(F)(F)F)C(F)(F)F. The molecular formula is C17H22F8NO7S-. The summed E-state index contributed by atoms with van der Waals surface area (Å²) >= 11 is 0. The fourth-order valence-electron chi connectivity index (χ4n) is 2.18. The zero-order valence-electron chi connectivity index (χ0n) is 17.9. The molecule has 0 aromatic heterocycles. The lowest BCUT2D eigenvalue weighted by molar-refractivity contribution is -0.356. The van der Waals surface area contributed by atoms with Crippen molar-refractivity contribution in [3.05, 3.63) is 12.2 Å². The van der Waals surface area contributed by atoms with Crippen molar-refractivity contribution in [2.75, 3.05) is 19.7 Å². The molecule has 34 heavy (non-hydrogen) atoms. The Hall–Kier alpha value is -2.01. The number of rotatable bonds is 13. The van der Waals surface area contributed by atoms with Crippen LogP contribution in [-0.4, -0.2) is 72.8 Å². The van der Waals surface area contributed by atoms with E-state index in [4.69, 9.17) is 0 Å². The maximum Gasteiger partial charge on any atom is 0.466 e. The zero-order valence-corrected chi connectivity index (χ0v) is 18.7. The molecule has 0 saturated carbocycles. The molecule has 0 aromatic carbocycles. The van der Waals surface area contributed by atoms with Crippen molar-refractivity contribution >= 4 is 22.0 Å². The highest BCUT2D eigenvalue weighted by Gasteiger charge is 2.69. The molecule has 0 radical (unpaired) electrons. The molecule has 1 unspecified atom stereocenters. The molecule has 0 rings (SSSR count). The number of hydrogen-bond donors (Lipinski definition) is 0. The first-order valence-corrected chi connectivity index (χ1v) is 10.9. The van der Waals surface area contributed by atoms with Crippen LogP contribution in [-0.2, 0) is 29.2 Å². The number of ether oxygens (including phenoxy) is 2. The van der Waals surface area contributed by atoms with Crippen molar-refractivity contribution in [2.24, 2.45) is 0 Å². The summed E-state index contributed by atoms with van der Waals surface area (Å²) in [7, 11) is -6.65. The fraction of sp³-hybridized carbons (Fsp3) is 0.765. The van der Waals surface area contributed by atoms with Gasteiger partial charge >= 0.3 is 35.3 Å². The van der Waals surface area contributed by atoms with Crippen LogP contribution in [0.5, 0.6) is 0 Å². The molecule has 0 fully saturated rings. The van der Waals surface area contributed by atoms with Crippen LogP contribution in [0.1, 0.15) is 39.5 Å². The summed E-state index contributed by atoms with van der Waals surface area (Å²) in [4.78, 5) is 24.9. The summed E-state index contributed by atoms with van der Waals surface area (Å²) in [6, 6.07) is 0. The minimum Gasteiger partial charge on any atom is -0.743 e. The van der Waals surface area contributed by atoms with Gasteiger partial charge in [0.1, 0.15) is 12.2 Å². The first kappa shape index (κ1) is 32.0. The summed E-state index contributed by atoms with van der Waals surface area (Å²) in [5.74, 6) is -10.4. The number of hydrogen-bond acceptors (Lipinski definition) is 7. The van der Waals surface area contributed by atoms with Gasteiger partial charge in [0.25, 0.3) is 0 Å². The molecule has 8 nitrogen and oxygen atoms in total. The Balaban J connectivity index is 6.70. The molecule has 0 spiro atoms. The summed E-state index contributed by atoms with van der Waals surface area (Å²) in [6.07, 6.45) is -11.3. The average molecular weight is 536 g/mol. The second-order valence-electron chi connectivity index (χ2n) is 6.86. The van der Waals surface area contributed by atoms with Crippen LogP contribution in [0.4, 0.5) is 35.1 Å². The topological polar surface area (TPSA) is 113 Å². The van der Waals surface area contributed by atoms with Gasteiger partial charge in [-0.2, -0.15) is 35.1 Å². The quantitative estimate of drug-likeness (QED) is 0.116. The minimum absolute atomic E-state index is 0.0394. The largest absolute Gasteiger partial charge is 0.743 e. The second-order valence-corrected chi connectivity index (χ2v) is 8.37. The van der Waals surface area contributed by atoms with E-state index in [0.717, 1.165) is 0 Å². The molecule has 0 saturated heterocycles. The number of esters is 1. The molecule has 0 heterocycles. The third-order valence-electron chi connectivity index (χ3n) is 4.14. The molecule has 0 bridgehead atoms. The molecular weight excluding hydrogens is 514 g/mol. The maximum absolute atomic E-state index is 14.0. The van der Waals surface area contributed by atoms with E-state index in [1.54, 1.807) is 13.8 Å². The predicted octanol–water partition coefficient (Wildman–Crippen LogP) is 3.49. The summed E-state index contributed by atoms with van der Waals surface area (Å²) < 4.78 is 147. The van der Waals surface area contributed by atoms with E-state index < -0.39 is 70.7 Å². The van der Waals surface area contributed by atoms with Crippen LogP contribution in [0, 0.1) is 0 Å². The van der Waals surface area contributed by atoms with Gasteiger partial charge < -0.3 is 18.9 Å². The van der Waals surface area contributed by atoms with E-state index in [1.165, 1.54) is 0 Å². The Morgan fingerprint density at radius 1 is 0.941 bits per heavy atom. The standard InChI is InChI=1S/C17H23F8NO7S/c1-4-6-8-26(9-7-5-2)13(28)15(17(23,24)25,32-10-14(18,19)34(29,30)31)33-12(27)11(3)16(20,21)22/h3-10H2,1-2H3,(H,29,30,31)/p-1. The number of alkyl halides is 8. The van der Waals surface area contributed by atoms with Gasteiger partial charge in [-0.25, -0.2) is 13.2 Å². The van der Waals surface area contributed by atoms with Crippen molar-refractivity contribution in [1.82, 2.24) is 4.90 Å². The van der Waals surface area contributed by atoms with Gasteiger partial charge in [0.2, 0.25) is 0 Å². The number of unbranched alkanes of at least 4 members (excludes halogenated alkanes) is 2. The van der Waals surface area contributed by atoms with Crippen molar-refractivity contribution in [2.45, 2.75) is 62.9 Å². The summed E-state index contributed by atoms with van der Waals surface area (Å²) in [6.45, 7) is 1.39. The molecule has 200 valence electrons. The van der Waals surface area contributed by atoms with Gasteiger partial charge in [-0.3, -0.25) is 4.79 Å². The van der Waals surface area contributed by atoms with Crippen LogP contribution in [0.25, 0.3) is 0 Å². The number of nitrogens with zero attached hydrogens (tertiary/aromatic N) is 1. The second kappa shape index (κ2) is 11.6. The maximum atomic E-state index is 14.0. The van der Waals surface area contributed by atoms with Crippen LogP contribution in [0.15, 0.2) is 12.2 Å². The van der Waals surface area contributed by atoms with Crippen molar-refractivity contribution in [3.8, 4) is 0 Å². The van der Waals surface area contributed by atoms with E-state index >= 15 is 0 Å². The van der Waals surface area contributed by atoms with Gasteiger partial charge in [-0.1, -0.05) is 33.3 Å². The van der Waals surface area contributed by atoms with Crippen molar-refractivity contribution < 1.29 is 67.2 Å². The molecule has 0 aliphatic rings. The smallest absolute Gasteiger partial charge is 0.466 e. The van der Waals surface area contributed by atoms with Crippen molar-refractivity contribution in [3.63, 3.8) is 0 Å². The van der Waals surface area contributed by atoms with Gasteiger partial charge in [-0.05, 0) is 12.8 Å². The Kier molecular flexibility index (Phi) is 10.9. The van der Waals surface area contributed by atoms with Gasteiger partial charge in [0.15, 0.2) is 10.1 Å². The van der Waals surface area contributed by atoms with Gasteiger partial charge in [0, 0.05) is 13.1 Å². The van der Waals surface area contributed by atoms with E-state index in [2.05, 4.69) is 16.1 Å². The number of amides is 1. The first-order chi connectivity index (χ1) is 15.2. The average Bonchev–Trinajstić information content (AvgIpc) is 2.67. The van der Waals surface area contributed by atoms with Gasteiger partial charge in [-0.15, -0.1) is 0 Å². The Bertz CT molecular complexity index is 834. The molecule has 0 N–H and O–H groups in total. The van der Waals surface area contributed by atoms with Crippen molar-refractivity contribution in [1.29, 1.82) is 0 Å². The predicted molar refractivity (Wildman–Crippen MR) is 97.1 cm³/mol. The lowest BCUT2D eigenvalue weighted by Crippen LogP contribution is -2.63. The summed E-state index contributed by atoms with van der Waals surface area (Å²) in [5, 5.41) is -5.57. The number of carbonyl (C=O) groups excluding carboxylic acids is 2. The normalized spacial score (nSPS) is 14.9. The van der Waals surface area contributed by atoms with E-state index in [9.17, 15) is 57.7 Å². The van der Waals surface area contributed by atoms with E-state index in [0.29, 0.717) is 17.7 Å². The highest BCUT2D eigenvalue weighted by Crippen LogP contribution is 2.40. The molecule has 0 aliphatic carbocycles. The fourth-order valence-corrected chi connectivity index (χ4v) is 2.39. The first-order valence-electron chi connectivity index (χ1n) is 9.50. The Morgan fingerprint density at radius 3 is 1.71 bits per heavy atom. The summed E-state index contributed by atoms with van der Waals surface area (Å²) in [5.41, 5.74) is -2.55. The highest BCUT2D eigenvalue weighted by molar-refractivity contribution is 7.86. The Morgan fingerprint density at radius 2 is 1.38 bits per heavy atom. The van der Waals surface area contributed by atoms with E-state index in [-0.39, 0.29) is 12.8 Å². The zero-order chi connectivity index (χ0) is 27.2. The lowest BCUT2D eigenvalue weighted by Gasteiger charge is -2.38. The monoisotopic (exact) mass is 536 g/mol. The number of halogens is 8. The van der Waals surface area contributed by atoms with Gasteiger partial charge in [0.05, 0.1) is 0 Å². The van der Waals surface area contributed by atoms with Crippen LogP contribution >= 0.6 is 0 Å². The molecule has 17 heteroatoms. The Labute approximate surface area is 189 Å². The molecule has 1 amide bonds. The minimum atomic E-state index is -6.65. The highest BCUT2D eigenvalue weighted by atomic mass is 32.2. The lowest BCUT2D eigenvalue weighted by atomic mass is 10.1. The van der Waals surface area contributed by atoms with Crippen LogP contribution < -0.4 is 0 Å². The third-order valence-corrected chi connectivity index (χ3v) is 4.99. The van der Waals surface area contributed by atoms with Crippen LogP contribution in [0.3, 0.4) is 0 Å². The molecule has 1 atom stereocenters.